The summed E-state index contributed by atoms with van der Waals surface area (Å²) in [6, 6.07) is 9.40. The first-order valence-corrected chi connectivity index (χ1v) is 5.06. The Kier molecular flexibility index (Phi) is 3.45. The van der Waals surface area contributed by atoms with Gasteiger partial charge in [0.25, 0.3) is 0 Å². The fraction of sp³-hybridized carbons (Fsp3) is 0.0769. The standard InChI is InChI=1S/C13H10FNO2/c14-11-3-1-2-10(6-11)9-17-13-5-4-12(8-16)15-7-13/h1-8H,9H2. The molecule has 17 heavy (non-hydrogen) atoms. The van der Waals surface area contributed by atoms with Gasteiger partial charge >= 0.3 is 0 Å². The number of carbonyl (C=O) groups is 1. The summed E-state index contributed by atoms with van der Waals surface area (Å²) in [7, 11) is 0. The van der Waals surface area contributed by atoms with Crippen LogP contribution >= 0.6 is 0 Å². The van der Waals surface area contributed by atoms with Gasteiger partial charge < -0.3 is 4.74 Å². The zero-order valence-corrected chi connectivity index (χ0v) is 8.97. The Balaban J connectivity index is 1.99. The number of ether oxygens (including phenoxy) is 1. The van der Waals surface area contributed by atoms with Gasteiger partial charge in [0.15, 0.2) is 6.29 Å². The maximum Gasteiger partial charge on any atom is 0.168 e. The second-order valence-electron chi connectivity index (χ2n) is 3.46. The number of benzene rings is 1. The van der Waals surface area contributed by atoms with Crippen molar-refractivity contribution in [2.24, 2.45) is 0 Å². The van der Waals surface area contributed by atoms with Gasteiger partial charge in [0.05, 0.1) is 6.20 Å². The highest BCUT2D eigenvalue weighted by Gasteiger charge is 1.98. The second-order valence-corrected chi connectivity index (χ2v) is 3.46. The largest absolute Gasteiger partial charge is 0.487 e. The van der Waals surface area contributed by atoms with Gasteiger partial charge in [-0.3, -0.25) is 4.79 Å². The Morgan fingerprint density at radius 3 is 2.82 bits per heavy atom. The molecule has 0 spiro atoms. The molecule has 0 bridgehead atoms. The molecule has 0 saturated carbocycles. The van der Waals surface area contributed by atoms with Crippen LogP contribution < -0.4 is 4.74 Å². The van der Waals surface area contributed by atoms with Gasteiger partial charge in [-0.25, -0.2) is 9.37 Å². The van der Waals surface area contributed by atoms with E-state index in [1.165, 1.54) is 18.3 Å². The first-order valence-electron chi connectivity index (χ1n) is 5.06. The van der Waals surface area contributed by atoms with Gasteiger partial charge in [0, 0.05) is 0 Å². The lowest BCUT2D eigenvalue weighted by molar-refractivity contribution is 0.111. The second kappa shape index (κ2) is 5.21. The third kappa shape index (κ3) is 3.11. The molecule has 0 aliphatic carbocycles. The number of rotatable bonds is 4. The highest BCUT2D eigenvalue weighted by Crippen LogP contribution is 2.12. The highest BCUT2D eigenvalue weighted by molar-refractivity contribution is 5.71. The average Bonchev–Trinajstić information content (AvgIpc) is 2.37. The lowest BCUT2D eigenvalue weighted by Crippen LogP contribution is -1.97. The Hall–Kier alpha value is -2.23. The van der Waals surface area contributed by atoms with E-state index in [2.05, 4.69) is 4.98 Å². The molecule has 0 aliphatic rings. The van der Waals surface area contributed by atoms with Gasteiger partial charge in [0.1, 0.15) is 23.9 Å². The molecular formula is C13H10FNO2. The van der Waals surface area contributed by atoms with E-state index in [-0.39, 0.29) is 12.4 Å². The summed E-state index contributed by atoms with van der Waals surface area (Å²) < 4.78 is 18.3. The summed E-state index contributed by atoms with van der Waals surface area (Å²) in [5, 5.41) is 0. The van der Waals surface area contributed by atoms with Gasteiger partial charge in [-0.1, -0.05) is 12.1 Å². The van der Waals surface area contributed by atoms with Crippen molar-refractivity contribution in [2.75, 3.05) is 0 Å². The third-order valence-corrected chi connectivity index (χ3v) is 2.17. The molecule has 1 heterocycles. The fourth-order valence-electron chi connectivity index (χ4n) is 1.34. The van der Waals surface area contributed by atoms with Crippen molar-refractivity contribution in [2.45, 2.75) is 6.61 Å². The molecule has 2 aromatic rings. The zero-order chi connectivity index (χ0) is 12.1. The molecule has 0 fully saturated rings. The van der Waals surface area contributed by atoms with Crippen molar-refractivity contribution >= 4 is 6.29 Å². The van der Waals surface area contributed by atoms with Crippen LogP contribution in [0.3, 0.4) is 0 Å². The molecule has 4 heteroatoms. The lowest BCUT2D eigenvalue weighted by atomic mass is 10.2. The molecule has 0 atom stereocenters. The van der Waals surface area contributed by atoms with Crippen molar-refractivity contribution < 1.29 is 13.9 Å². The summed E-state index contributed by atoms with van der Waals surface area (Å²) in [5.74, 6) is 0.250. The molecule has 2 rings (SSSR count). The summed E-state index contributed by atoms with van der Waals surface area (Å²) in [4.78, 5) is 14.2. The number of nitrogens with zero attached hydrogens (tertiary/aromatic N) is 1. The van der Waals surface area contributed by atoms with Crippen LogP contribution in [0.4, 0.5) is 4.39 Å². The van der Waals surface area contributed by atoms with Gasteiger partial charge in [-0.05, 0) is 29.8 Å². The number of halogens is 1. The zero-order valence-electron chi connectivity index (χ0n) is 8.97. The van der Waals surface area contributed by atoms with Crippen molar-refractivity contribution in [3.05, 3.63) is 59.7 Å². The van der Waals surface area contributed by atoms with Crippen molar-refractivity contribution in [3.63, 3.8) is 0 Å². The first kappa shape index (κ1) is 11.3. The topological polar surface area (TPSA) is 39.2 Å². The number of aromatic nitrogens is 1. The molecule has 0 unspecified atom stereocenters. The summed E-state index contributed by atoms with van der Waals surface area (Å²) in [5.41, 5.74) is 1.09. The van der Waals surface area contributed by atoms with Crippen LogP contribution in [-0.4, -0.2) is 11.3 Å². The van der Waals surface area contributed by atoms with E-state index < -0.39 is 0 Å². The fourth-order valence-corrected chi connectivity index (χ4v) is 1.34. The number of aldehydes is 1. The maximum absolute atomic E-state index is 12.9. The monoisotopic (exact) mass is 231 g/mol. The highest BCUT2D eigenvalue weighted by atomic mass is 19.1. The molecular weight excluding hydrogens is 221 g/mol. The molecule has 0 N–H and O–H groups in total. The quantitative estimate of drug-likeness (QED) is 0.759. The third-order valence-electron chi connectivity index (χ3n) is 2.17. The molecule has 1 aromatic heterocycles. The summed E-state index contributed by atoms with van der Waals surface area (Å²) in [6.07, 6.45) is 2.12. The van der Waals surface area contributed by atoms with E-state index in [1.807, 2.05) is 0 Å². The SMILES string of the molecule is O=Cc1ccc(OCc2cccc(F)c2)cn1. The number of hydrogen-bond donors (Lipinski definition) is 0. The van der Waals surface area contributed by atoms with Crippen LogP contribution in [0.15, 0.2) is 42.6 Å². The molecule has 0 aliphatic heterocycles. The predicted molar refractivity (Wildman–Crippen MR) is 60.4 cm³/mol. The lowest BCUT2D eigenvalue weighted by Gasteiger charge is -2.05. The van der Waals surface area contributed by atoms with Crippen LogP contribution in [0, 0.1) is 5.82 Å². The van der Waals surface area contributed by atoms with Crippen LogP contribution in [0.2, 0.25) is 0 Å². The van der Waals surface area contributed by atoms with Crippen molar-refractivity contribution in [1.82, 2.24) is 4.98 Å². The van der Waals surface area contributed by atoms with E-state index >= 15 is 0 Å². The van der Waals surface area contributed by atoms with Crippen LogP contribution in [0.25, 0.3) is 0 Å². The van der Waals surface area contributed by atoms with E-state index in [0.717, 1.165) is 5.56 Å². The van der Waals surface area contributed by atoms with Crippen LogP contribution in [-0.2, 0) is 6.61 Å². The Labute approximate surface area is 97.9 Å². The van der Waals surface area contributed by atoms with E-state index in [4.69, 9.17) is 4.74 Å². The minimum absolute atomic E-state index is 0.264. The van der Waals surface area contributed by atoms with Gasteiger partial charge in [0.2, 0.25) is 0 Å². The average molecular weight is 231 g/mol. The predicted octanol–water partition coefficient (Wildman–Crippen LogP) is 2.61. The molecule has 0 amide bonds. The Morgan fingerprint density at radius 1 is 1.29 bits per heavy atom. The Morgan fingerprint density at radius 2 is 2.18 bits per heavy atom. The molecule has 86 valence electrons. The molecule has 0 radical (unpaired) electrons. The van der Waals surface area contributed by atoms with Crippen LogP contribution in [0.5, 0.6) is 5.75 Å². The molecule has 1 aromatic carbocycles. The number of hydrogen-bond acceptors (Lipinski definition) is 3. The summed E-state index contributed by atoms with van der Waals surface area (Å²) >= 11 is 0. The minimum Gasteiger partial charge on any atom is -0.487 e. The summed E-state index contributed by atoms with van der Waals surface area (Å²) in [6.45, 7) is 0.264. The minimum atomic E-state index is -0.291. The smallest absolute Gasteiger partial charge is 0.168 e. The van der Waals surface area contributed by atoms with Crippen LogP contribution in [0.1, 0.15) is 16.1 Å². The van der Waals surface area contributed by atoms with Crippen molar-refractivity contribution in [1.29, 1.82) is 0 Å². The van der Waals surface area contributed by atoms with E-state index in [0.29, 0.717) is 17.7 Å². The van der Waals surface area contributed by atoms with Gasteiger partial charge in [-0.2, -0.15) is 0 Å². The van der Waals surface area contributed by atoms with Gasteiger partial charge in [-0.15, -0.1) is 0 Å². The van der Waals surface area contributed by atoms with Crippen molar-refractivity contribution in [3.8, 4) is 5.75 Å². The Bertz CT molecular complexity index is 511. The first-order chi connectivity index (χ1) is 8.28. The molecule has 3 nitrogen and oxygen atoms in total. The van der Waals surface area contributed by atoms with E-state index in [9.17, 15) is 9.18 Å². The normalized spacial score (nSPS) is 9.94. The molecule has 0 saturated heterocycles. The van der Waals surface area contributed by atoms with E-state index in [1.54, 1.807) is 24.3 Å². The number of carbonyl (C=O) groups excluding carboxylic acids is 1. The number of pyridine rings is 1. The maximum atomic E-state index is 12.9.